The second kappa shape index (κ2) is 7.17. The lowest BCUT2D eigenvalue weighted by Gasteiger charge is -2.08. The van der Waals surface area contributed by atoms with Gasteiger partial charge in [-0.05, 0) is 37.1 Å². The smallest absolute Gasteiger partial charge is 0.274 e. The van der Waals surface area contributed by atoms with Crippen LogP contribution in [0.25, 0.3) is 0 Å². The molecule has 0 radical (unpaired) electrons. The number of halogens is 1. The molecule has 0 saturated heterocycles. The lowest BCUT2D eigenvalue weighted by Crippen LogP contribution is -2.13. The molecular formula is C16H15BrN2O3. The molecule has 0 fully saturated rings. The van der Waals surface area contributed by atoms with Gasteiger partial charge in [0.2, 0.25) is 5.91 Å². The number of rotatable bonds is 5. The fourth-order valence-corrected chi connectivity index (χ4v) is 2.57. The Morgan fingerprint density at radius 3 is 2.68 bits per heavy atom. The topological polar surface area (TPSA) is 72.2 Å². The van der Waals surface area contributed by atoms with Crippen LogP contribution in [0.4, 0.5) is 11.4 Å². The standard InChI is InChI=1S/C16H15BrN2O3/c1-11-14(6-3-7-15(11)19(21)22)18-16(20)9-8-12-4-2-5-13(17)10-12/h2-7,10H,8-9H2,1H3,(H,18,20). The summed E-state index contributed by atoms with van der Waals surface area (Å²) in [5.74, 6) is -0.163. The van der Waals surface area contributed by atoms with Gasteiger partial charge in [0.1, 0.15) is 0 Å². The van der Waals surface area contributed by atoms with Crippen molar-refractivity contribution >= 4 is 33.2 Å². The van der Waals surface area contributed by atoms with Crippen LogP contribution in [0.3, 0.4) is 0 Å². The van der Waals surface area contributed by atoms with E-state index < -0.39 is 4.92 Å². The van der Waals surface area contributed by atoms with Gasteiger partial charge >= 0.3 is 0 Å². The molecule has 2 aromatic carbocycles. The highest BCUT2D eigenvalue weighted by atomic mass is 79.9. The van der Waals surface area contributed by atoms with Gasteiger partial charge in [0.25, 0.3) is 5.69 Å². The Bertz CT molecular complexity index is 716. The molecule has 0 aromatic heterocycles. The van der Waals surface area contributed by atoms with E-state index in [1.54, 1.807) is 19.1 Å². The molecule has 22 heavy (non-hydrogen) atoms. The number of carbonyl (C=O) groups is 1. The Balaban J connectivity index is 2.01. The quantitative estimate of drug-likeness (QED) is 0.638. The number of nitrogens with zero attached hydrogens (tertiary/aromatic N) is 1. The second-order valence-corrected chi connectivity index (χ2v) is 5.80. The van der Waals surface area contributed by atoms with E-state index in [1.807, 2.05) is 24.3 Å². The molecule has 0 bridgehead atoms. The van der Waals surface area contributed by atoms with E-state index in [1.165, 1.54) is 6.07 Å². The average Bonchev–Trinajstić information content (AvgIpc) is 2.47. The molecule has 2 aromatic rings. The number of nitrogens with one attached hydrogen (secondary N) is 1. The van der Waals surface area contributed by atoms with Gasteiger partial charge in [0.05, 0.1) is 16.2 Å². The van der Waals surface area contributed by atoms with Crippen molar-refractivity contribution in [3.8, 4) is 0 Å². The highest BCUT2D eigenvalue weighted by molar-refractivity contribution is 9.10. The Labute approximate surface area is 136 Å². The van der Waals surface area contributed by atoms with Gasteiger partial charge in [0, 0.05) is 17.0 Å². The van der Waals surface area contributed by atoms with Crippen LogP contribution in [-0.4, -0.2) is 10.8 Å². The van der Waals surface area contributed by atoms with Gasteiger partial charge < -0.3 is 5.32 Å². The van der Waals surface area contributed by atoms with Gasteiger partial charge in [-0.3, -0.25) is 14.9 Å². The highest BCUT2D eigenvalue weighted by Crippen LogP contribution is 2.25. The number of anilines is 1. The van der Waals surface area contributed by atoms with E-state index in [4.69, 9.17) is 0 Å². The zero-order valence-electron chi connectivity index (χ0n) is 12.0. The summed E-state index contributed by atoms with van der Waals surface area (Å²) in [4.78, 5) is 22.5. The van der Waals surface area contributed by atoms with Gasteiger partial charge in [-0.15, -0.1) is 0 Å². The largest absolute Gasteiger partial charge is 0.326 e. The molecule has 2 rings (SSSR count). The first-order chi connectivity index (χ1) is 10.5. The number of amides is 1. The van der Waals surface area contributed by atoms with Crippen LogP contribution >= 0.6 is 15.9 Å². The lowest BCUT2D eigenvalue weighted by molar-refractivity contribution is -0.385. The Hall–Kier alpha value is -2.21. The third-order valence-corrected chi connectivity index (χ3v) is 3.80. The molecule has 0 spiro atoms. The second-order valence-electron chi connectivity index (χ2n) is 4.88. The first-order valence-electron chi connectivity index (χ1n) is 6.75. The summed E-state index contributed by atoms with van der Waals surface area (Å²) in [6, 6.07) is 12.4. The maximum absolute atomic E-state index is 12.0. The first kappa shape index (κ1) is 16.2. The molecule has 5 nitrogen and oxygen atoms in total. The maximum atomic E-state index is 12.0. The third kappa shape index (κ3) is 4.14. The van der Waals surface area contributed by atoms with Crippen molar-refractivity contribution < 1.29 is 9.72 Å². The summed E-state index contributed by atoms with van der Waals surface area (Å²) >= 11 is 3.39. The summed E-state index contributed by atoms with van der Waals surface area (Å²) in [5.41, 5.74) is 2.00. The predicted octanol–water partition coefficient (Wildman–Crippen LogP) is 4.24. The summed E-state index contributed by atoms with van der Waals surface area (Å²) in [6.07, 6.45) is 0.928. The molecule has 6 heteroatoms. The van der Waals surface area contributed by atoms with Crippen molar-refractivity contribution in [2.75, 3.05) is 5.32 Å². The predicted molar refractivity (Wildman–Crippen MR) is 88.9 cm³/mol. The first-order valence-corrected chi connectivity index (χ1v) is 7.55. The summed E-state index contributed by atoms with van der Waals surface area (Å²) < 4.78 is 0.972. The molecule has 0 saturated carbocycles. The van der Waals surface area contributed by atoms with E-state index in [0.717, 1.165) is 10.0 Å². The van der Waals surface area contributed by atoms with E-state index in [2.05, 4.69) is 21.2 Å². The minimum Gasteiger partial charge on any atom is -0.326 e. The van der Waals surface area contributed by atoms with Gasteiger partial charge in [-0.25, -0.2) is 0 Å². The number of benzene rings is 2. The number of nitro groups is 1. The fourth-order valence-electron chi connectivity index (χ4n) is 2.12. The van der Waals surface area contributed by atoms with Crippen LogP contribution in [-0.2, 0) is 11.2 Å². The number of nitro benzene ring substituents is 1. The minimum absolute atomic E-state index is 0.00444. The van der Waals surface area contributed by atoms with Crippen molar-refractivity contribution in [1.29, 1.82) is 0 Å². The van der Waals surface area contributed by atoms with Crippen molar-refractivity contribution in [3.05, 3.63) is 68.2 Å². The molecule has 1 amide bonds. The SMILES string of the molecule is Cc1c(NC(=O)CCc2cccc(Br)c2)cccc1[N+](=O)[O-]. The molecule has 0 heterocycles. The summed E-state index contributed by atoms with van der Waals surface area (Å²) in [6.45, 7) is 1.63. The van der Waals surface area contributed by atoms with Crippen molar-refractivity contribution in [2.45, 2.75) is 19.8 Å². The Morgan fingerprint density at radius 1 is 1.27 bits per heavy atom. The number of hydrogen-bond acceptors (Lipinski definition) is 3. The molecule has 1 N–H and O–H groups in total. The van der Waals surface area contributed by atoms with Crippen molar-refractivity contribution in [2.24, 2.45) is 0 Å². The van der Waals surface area contributed by atoms with Gasteiger partial charge in [0.15, 0.2) is 0 Å². The highest BCUT2D eigenvalue weighted by Gasteiger charge is 2.14. The van der Waals surface area contributed by atoms with Gasteiger partial charge in [-0.1, -0.05) is 34.1 Å². The Morgan fingerprint density at radius 2 is 2.00 bits per heavy atom. The van der Waals surface area contributed by atoms with Crippen LogP contribution < -0.4 is 5.32 Å². The molecule has 0 aliphatic carbocycles. The third-order valence-electron chi connectivity index (χ3n) is 3.31. The summed E-state index contributed by atoms with van der Waals surface area (Å²) in [7, 11) is 0. The zero-order chi connectivity index (χ0) is 16.1. The molecule has 0 unspecified atom stereocenters. The Kier molecular flexibility index (Phi) is 5.27. The number of aryl methyl sites for hydroxylation is 1. The van der Waals surface area contributed by atoms with Crippen LogP contribution in [0.1, 0.15) is 17.5 Å². The van der Waals surface area contributed by atoms with Gasteiger partial charge in [-0.2, -0.15) is 0 Å². The maximum Gasteiger partial charge on any atom is 0.274 e. The van der Waals surface area contributed by atoms with E-state index in [0.29, 0.717) is 24.1 Å². The molecule has 0 atom stereocenters. The van der Waals surface area contributed by atoms with Crippen molar-refractivity contribution in [1.82, 2.24) is 0 Å². The lowest BCUT2D eigenvalue weighted by atomic mass is 10.1. The van der Waals surface area contributed by atoms with E-state index in [-0.39, 0.29) is 11.6 Å². The number of carbonyl (C=O) groups excluding carboxylic acids is 1. The fraction of sp³-hybridized carbons (Fsp3) is 0.188. The van der Waals surface area contributed by atoms with Crippen LogP contribution in [0.5, 0.6) is 0 Å². The van der Waals surface area contributed by atoms with Crippen LogP contribution in [0.2, 0.25) is 0 Å². The van der Waals surface area contributed by atoms with Crippen LogP contribution in [0.15, 0.2) is 46.9 Å². The minimum atomic E-state index is -0.452. The molecule has 114 valence electrons. The average molecular weight is 363 g/mol. The normalized spacial score (nSPS) is 10.3. The molecule has 0 aliphatic rings. The zero-order valence-corrected chi connectivity index (χ0v) is 13.6. The monoisotopic (exact) mass is 362 g/mol. The number of hydrogen-bond donors (Lipinski definition) is 1. The molecule has 0 aliphatic heterocycles. The summed E-state index contributed by atoms with van der Waals surface area (Å²) in [5, 5.41) is 13.6. The van der Waals surface area contributed by atoms with Crippen LogP contribution in [0, 0.1) is 17.0 Å². The van der Waals surface area contributed by atoms with E-state index >= 15 is 0 Å². The molecular weight excluding hydrogens is 348 g/mol. The van der Waals surface area contributed by atoms with Crippen molar-refractivity contribution in [3.63, 3.8) is 0 Å². The van der Waals surface area contributed by atoms with E-state index in [9.17, 15) is 14.9 Å².